The van der Waals surface area contributed by atoms with Crippen LogP contribution in [-0.2, 0) is 7.05 Å². The number of aryl methyl sites for hydroxylation is 1. The number of nitrogens with zero attached hydrogens (tertiary/aromatic N) is 2. The molecular formula is C10H15BrN2. The molecule has 0 aliphatic rings. The van der Waals surface area contributed by atoms with Gasteiger partial charge in [0.1, 0.15) is 5.82 Å². The third-order valence-electron chi connectivity index (χ3n) is 2.18. The van der Waals surface area contributed by atoms with Gasteiger partial charge in [0.15, 0.2) is 0 Å². The standard InChI is InChI=1S/C10H15BrN2/c1-8(5-4-6-11)10-7-12-9(2)13(10)3/h5,7H,4,6H2,1-3H3/b8-5+. The summed E-state index contributed by atoms with van der Waals surface area (Å²) in [5, 5.41) is 1.02. The molecule has 0 amide bonds. The van der Waals surface area contributed by atoms with Gasteiger partial charge in [0.05, 0.1) is 11.9 Å². The lowest BCUT2D eigenvalue weighted by Gasteiger charge is -2.03. The molecule has 0 saturated heterocycles. The molecule has 0 spiro atoms. The number of hydrogen-bond donors (Lipinski definition) is 0. The highest BCUT2D eigenvalue weighted by molar-refractivity contribution is 9.09. The van der Waals surface area contributed by atoms with E-state index in [-0.39, 0.29) is 0 Å². The summed E-state index contributed by atoms with van der Waals surface area (Å²) in [4.78, 5) is 4.26. The lowest BCUT2D eigenvalue weighted by Crippen LogP contribution is -1.96. The fraction of sp³-hybridized carbons (Fsp3) is 0.500. The lowest BCUT2D eigenvalue weighted by molar-refractivity contribution is 0.844. The average molecular weight is 243 g/mol. The van der Waals surface area contributed by atoms with E-state index in [0.29, 0.717) is 0 Å². The first-order chi connectivity index (χ1) is 6.16. The van der Waals surface area contributed by atoms with E-state index in [1.54, 1.807) is 0 Å². The molecular weight excluding hydrogens is 228 g/mol. The fourth-order valence-corrected chi connectivity index (χ4v) is 1.47. The molecule has 1 rings (SSSR count). The van der Waals surface area contributed by atoms with E-state index < -0.39 is 0 Å². The van der Waals surface area contributed by atoms with E-state index in [2.05, 4.69) is 38.5 Å². The molecule has 0 aromatic carbocycles. The van der Waals surface area contributed by atoms with Gasteiger partial charge in [-0.3, -0.25) is 0 Å². The Kier molecular flexibility index (Phi) is 3.72. The van der Waals surface area contributed by atoms with Crippen LogP contribution in [0.1, 0.15) is 24.9 Å². The van der Waals surface area contributed by atoms with Gasteiger partial charge in [0, 0.05) is 12.4 Å². The predicted molar refractivity (Wildman–Crippen MR) is 60.0 cm³/mol. The maximum absolute atomic E-state index is 4.26. The molecule has 1 aromatic heterocycles. The largest absolute Gasteiger partial charge is 0.332 e. The Hall–Kier alpha value is -0.570. The minimum atomic E-state index is 1.02. The van der Waals surface area contributed by atoms with Crippen molar-refractivity contribution in [3.8, 4) is 0 Å². The zero-order chi connectivity index (χ0) is 9.84. The van der Waals surface area contributed by atoms with Gasteiger partial charge in [-0.2, -0.15) is 0 Å². The average Bonchev–Trinajstić information content (AvgIpc) is 2.44. The number of halogens is 1. The Bertz CT molecular complexity index is 313. The van der Waals surface area contributed by atoms with Gasteiger partial charge in [-0.25, -0.2) is 4.98 Å². The quantitative estimate of drug-likeness (QED) is 0.746. The summed E-state index contributed by atoms with van der Waals surface area (Å²) >= 11 is 3.41. The van der Waals surface area contributed by atoms with E-state index in [4.69, 9.17) is 0 Å². The zero-order valence-corrected chi connectivity index (χ0v) is 9.93. The molecule has 0 aliphatic carbocycles. The summed E-state index contributed by atoms with van der Waals surface area (Å²) < 4.78 is 2.11. The summed E-state index contributed by atoms with van der Waals surface area (Å²) in [7, 11) is 2.04. The maximum atomic E-state index is 4.26. The monoisotopic (exact) mass is 242 g/mol. The van der Waals surface area contributed by atoms with Crippen LogP contribution in [0.4, 0.5) is 0 Å². The van der Waals surface area contributed by atoms with Gasteiger partial charge in [0.2, 0.25) is 0 Å². The number of aromatic nitrogens is 2. The van der Waals surface area contributed by atoms with E-state index in [1.165, 1.54) is 11.3 Å². The molecule has 0 fully saturated rings. The van der Waals surface area contributed by atoms with Crippen molar-refractivity contribution in [2.75, 3.05) is 5.33 Å². The van der Waals surface area contributed by atoms with Gasteiger partial charge in [-0.05, 0) is 25.8 Å². The number of hydrogen-bond acceptors (Lipinski definition) is 1. The van der Waals surface area contributed by atoms with Crippen LogP contribution < -0.4 is 0 Å². The van der Waals surface area contributed by atoms with E-state index >= 15 is 0 Å². The van der Waals surface area contributed by atoms with E-state index in [9.17, 15) is 0 Å². The molecule has 72 valence electrons. The number of allylic oxidation sites excluding steroid dienone is 2. The molecule has 0 atom stereocenters. The van der Waals surface area contributed by atoms with Gasteiger partial charge in [-0.15, -0.1) is 0 Å². The Morgan fingerprint density at radius 3 is 2.85 bits per heavy atom. The molecule has 1 aromatic rings. The Morgan fingerprint density at radius 2 is 2.38 bits per heavy atom. The van der Waals surface area contributed by atoms with Gasteiger partial charge in [0.25, 0.3) is 0 Å². The van der Waals surface area contributed by atoms with Crippen LogP contribution in [0.2, 0.25) is 0 Å². The molecule has 13 heavy (non-hydrogen) atoms. The highest BCUT2D eigenvalue weighted by atomic mass is 79.9. The molecule has 0 unspecified atom stereocenters. The topological polar surface area (TPSA) is 17.8 Å². The number of rotatable bonds is 3. The lowest BCUT2D eigenvalue weighted by atomic mass is 10.2. The highest BCUT2D eigenvalue weighted by Crippen LogP contribution is 2.14. The summed E-state index contributed by atoms with van der Waals surface area (Å²) in [6.07, 6.45) is 5.22. The van der Waals surface area contributed by atoms with Gasteiger partial charge < -0.3 is 4.57 Å². The normalized spacial score (nSPS) is 12.2. The molecule has 0 N–H and O–H groups in total. The molecule has 0 aliphatic heterocycles. The summed E-state index contributed by atoms with van der Waals surface area (Å²) in [5.74, 6) is 1.06. The van der Waals surface area contributed by atoms with Crippen molar-refractivity contribution in [2.45, 2.75) is 20.3 Å². The first kappa shape index (κ1) is 10.5. The third kappa shape index (κ3) is 2.44. The van der Waals surface area contributed by atoms with Crippen LogP contribution >= 0.6 is 15.9 Å². The van der Waals surface area contributed by atoms with Crippen molar-refractivity contribution >= 4 is 21.5 Å². The minimum absolute atomic E-state index is 1.02. The van der Waals surface area contributed by atoms with Gasteiger partial charge in [-0.1, -0.05) is 22.0 Å². The molecule has 2 nitrogen and oxygen atoms in total. The van der Waals surface area contributed by atoms with Crippen LogP contribution in [0.25, 0.3) is 5.57 Å². The van der Waals surface area contributed by atoms with Crippen molar-refractivity contribution in [2.24, 2.45) is 7.05 Å². The SMILES string of the molecule is C/C(=C\CCBr)c1cnc(C)n1C. The van der Waals surface area contributed by atoms with Crippen molar-refractivity contribution in [3.05, 3.63) is 23.8 Å². The van der Waals surface area contributed by atoms with Crippen LogP contribution in [-0.4, -0.2) is 14.9 Å². The molecule has 0 saturated carbocycles. The zero-order valence-electron chi connectivity index (χ0n) is 8.34. The fourth-order valence-electron chi connectivity index (χ4n) is 1.24. The van der Waals surface area contributed by atoms with Crippen molar-refractivity contribution in [1.82, 2.24) is 9.55 Å². The van der Waals surface area contributed by atoms with Gasteiger partial charge >= 0.3 is 0 Å². The smallest absolute Gasteiger partial charge is 0.105 e. The van der Waals surface area contributed by atoms with Crippen molar-refractivity contribution in [1.29, 1.82) is 0 Å². The Labute approximate surface area is 87.8 Å². The second-order valence-electron chi connectivity index (χ2n) is 3.11. The molecule has 0 radical (unpaired) electrons. The highest BCUT2D eigenvalue weighted by Gasteiger charge is 2.02. The molecule has 3 heteroatoms. The maximum Gasteiger partial charge on any atom is 0.105 e. The summed E-state index contributed by atoms with van der Waals surface area (Å²) in [6, 6.07) is 0. The summed E-state index contributed by atoms with van der Waals surface area (Å²) in [5.41, 5.74) is 2.50. The van der Waals surface area contributed by atoms with Crippen LogP contribution in [0, 0.1) is 6.92 Å². The summed E-state index contributed by atoms with van der Waals surface area (Å²) in [6.45, 7) is 4.14. The number of imidazole rings is 1. The van der Waals surface area contributed by atoms with Crippen LogP contribution in [0.15, 0.2) is 12.3 Å². The first-order valence-corrected chi connectivity index (χ1v) is 5.50. The van der Waals surface area contributed by atoms with Crippen molar-refractivity contribution < 1.29 is 0 Å². The first-order valence-electron chi connectivity index (χ1n) is 4.38. The van der Waals surface area contributed by atoms with E-state index in [0.717, 1.165) is 17.6 Å². The number of alkyl halides is 1. The van der Waals surface area contributed by atoms with Crippen molar-refractivity contribution in [3.63, 3.8) is 0 Å². The third-order valence-corrected chi connectivity index (χ3v) is 2.64. The Balaban J connectivity index is 2.88. The molecule has 0 bridgehead atoms. The second kappa shape index (κ2) is 4.61. The van der Waals surface area contributed by atoms with E-state index in [1.807, 2.05) is 20.2 Å². The Morgan fingerprint density at radius 1 is 1.69 bits per heavy atom. The van der Waals surface area contributed by atoms with Crippen LogP contribution in [0.5, 0.6) is 0 Å². The second-order valence-corrected chi connectivity index (χ2v) is 3.91. The minimum Gasteiger partial charge on any atom is -0.332 e. The molecule has 1 heterocycles. The van der Waals surface area contributed by atoms with Crippen LogP contribution in [0.3, 0.4) is 0 Å². The predicted octanol–water partition coefficient (Wildman–Crippen LogP) is 2.92.